The van der Waals surface area contributed by atoms with Gasteiger partial charge in [0.2, 0.25) is 0 Å². The fourth-order valence-corrected chi connectivity index (χ4v) is 1.57. The number of aromatic nitrogens is 2. The predicted octanol–water partition coefficient (Wildman–Crippen LogP) is 0.163. The maximum atomic E-state index is 11.2. The molecule has 1 aromatic heterocycles. The first-order valence-corrected chi connectivity index (χ1v) is 4.67. The molecule has 0 radical (unpaired) electrons. The van der Waals surface area contributed by atoms with E-state index in [1.165, 1.54) is 7.11 Å². The molecule has 0 aliphatic carbocycles. The highest BCUT2D eigenvalue weighted by atomic mass is 16.5. The van der Waals surface area contributed by atoms with E-state index in [0.717, 1.165) is 31.7 Å². The Morgan fingerprint density at radius 1 is 1.71 bits per heavy atom. The second-order valence-corrected chi connectivity index (χ2v) is 3.27. The van der Waals surface area contributed by atoms with E-state index in [-0.39, 0.29) is 5.97 Å². The molecular weight excluding hydrogens is 182 g/mol. The van der Waals surface area contributed by atoms with Crippen LogP contribution in [0.2, 0.25) is 0 Å². The summed E-state index contributed by atoms with van der Waals surface area (Å²) in [5.41, 5.74) is 1.44. The highest BCUT2D eigenvalue weighted by molar-refractivity contribution is 5.87. The van der Waals surface area contributed by atoms with Crippen LogP contribution in [0.15, 0.2) is 6.07 Å². The molecule has 1 aliphatic heterocycles. The molecule has 0 unspecified atom stereocenters. The van der Waals surface area contributed by atoms with Gasteiger partial charge in [-0.05, 0) is 19.0 Å². The topological polar surface area (TPSA) is 56.2 Å². The van der Waals surface area contributed by atoms with Crippen LogP contribution in [-0.4, -0.2) is 29.4 Å². The van der Waals surface area contributed by atoms with Gasteiger partial charge >= 0.3 is 5.97 Å². The van der Waals surface area contributed by atoms with Gasteiger partial charge in [0.1, 0.15) is 0 Å². The average Bonchev–Trinajstić information content (AvgIpc) is 2.49. The lowest BCUT2D eigenvalue weighted by Crippen LogP contribution is -2.12. The third kappa shape index (κ3) is 1.63. The number of fused-ring (bicyclic) bond motifs is 1. The largest absolute Gasteiger partial charge is 0.464 e. The summed E-state index contributed by atoms with van der Waals surface area (Å²) in [6, 6.07) is 1.78. The van der Waals surface area contributed by atoms with Crippen molar-refractivity contribution in [3.05, 3.63) is 17.5 Å². The average molecular weight is 195 g/mol. The zero-order valence-electron chi connectivity index (χ0n) is 8.12. The summed E-state index contributed by atoms with van der Waals surface area (Å²) in [5.74, 6) is -0.370. The van der Waals surface area contributed by atoms with Crippen molar-refractivity contribution in [2.75, 3.05) is 13.7 Å². The van der Waals surface area contributed by atoms with E-state index < -0.39 is 0 Å². The second-order valence-electron chi connectivity index (χ2n) is 3.27. The Balaban J connectivity index is 2.26. The molecular formula is C9H13N3O2. The van der Waals surface area contributed by atoms with Crippen molar-refractivity contribution >= 4 is 5.97 Å². The zero-order chi connectivity index (χ0) is 9.97. The van der Waals surface area contributed by atoms with Crippen molar-refractivity contribution in [3.63, 3.8) is 0 Å². The first-order valence-electron chi connectivity index (χ1n) is 4.67. The molecule has 1 aliphatic rings. The third-order valence-corrected chi connectivity index (χ3v) is 2.29. The van der Waals surface area contributed by atoms with Crippen LogP contribution < -0.4 is 5.32 Å². The maximum absolute atomic E-state index is 11.2. The molecule has 0 saturated carbocycles. The molecule has 1 N–H and O–H groups in total. The SMILES string of the molecule is COC(=O)c1cc2n(n1)CCCNC2. The van der Waals surface area contributed by atoms with E-state index in [1.807, 2.05) is 4.68 Å². The number of rotatable bonds is 1. The molecule has 76 valence electrons. The van der Waals surface area contributed by atoms with Crippen LogP contribution in [0.5, 0.6) is 0 Å². The van der Waals surface area contributed by atoms with E-state index in [0.29, 0.717) is 5.69 Å². The van der Waals surface area contributed by atoms with Gasteiger partial charge in [0.15, 0.2) is 5.69 Å². The van der Waals surface area contributed by atoms with E-state index >= 15 is 0 Å². The van der Waals surface area contributed by atoms with Crippen molar-refractivity contribution in [2.24, 2.45) is 0 Å². The number of carbonyl (C=O) groups is 1. The smallest absolute Gasteiger partial charge is 0.358 e. The number of esters is 1. The summed E-state index contributed by atoms with van der Waals surface area (Å²) in [6.45, 7) is 2.63. The van der Waals surface area contributed by atoms with Gasteiger partial charge < -0.3 is 10.1 Å². The Labute approximate surface area is 82.0 Å². The van der Waals surface area contributed by atoms with E-state index in [2.05, 4.69) is 15.2 Å². The van der Waals surface area contributed by atoms with Crippen molar-refractivity contribution < 1.29 is 9.53 Å². The number of nitrogens with zero attached hydrogens (tertiary/aromatic N) is 2. The molecule has 0 aromatic carbocycles. The van der Waals surface area contributed by atoms with E-state index in [9.17, 15) is 4.79 Å². The summed E-state index contributed by atoms with van der Waals surface area (Å²) >= 11 is 0. The summed E-state index contributed by atoms with van der Waals surface area (Å²) < 4.78 is 6.48. The Bertz CT molecular complexity index is 322. The predicted molar refractivity (Wildman–Crippen MR) is 49.9 cm³/mol. The monoisotopic (exact) mass is 195 g/mol. The lowest BCUT2D eigenvalue weighted by Gasteiger charge is -1.98. The van der Waals surface area contributed by atoms with Crippen molar-refractivity contribution in [1.29, 1.82) is 0 Å². The van der Waals surface area contributed by atoms with Crippen LogP contribution in [0.25, 0.3) is 0 Å². The number of aryl methyl sites for hydroxylation is 1. The zero-order valence-corrected chi connectivity index (χ0v) is 8.12. The van der Waals surface area contributed by atoms with Crippen molar-refractivity contribution in [2.45, 2.75) is 19.5 Å². The lowest BCUT2D eigenvalue weighted by atomic mass is 10.3. The maximum Gasteiger partial charge on any atom is 0.358 e. The Morgan fingerprint density at radius 2 is 2.57 bits per heavy atom. The van der Waals surface area contributed by atoms with Gasteiger partial charge in [-0.25, -0.2) is 4.79 Å². The minimum Gasteiger partial charge on any atom is -0.464 e. The molecule has 14 heavy (non-hydrogen) atoms. The Hall–Kier alpha value is -1.36. The molecule has 5 nitrogen and oxygen atoms in total. The standard InChI is InChI=1S/C9H13N3O2/c1-14-9(13)8-5-7-6-10-3-2-4-12(7)11-8/h5,10H,2-4,6H2,1H3. The highest BCUT2D eigenvalue weighted by Gasteiger charge is 2.15. The van der Waals surface area contributed by atoms with Crippen molar-refractivity contribution in [3.8, 4) is 0 Å². The summed E-state index contributed by atoms with van der Waals surface area (Å²) in [5, 5.41) is 7.44. The molecule has 0 amide bonds. The molecule has 2 heterocycles. The fourth-order valence-electron chi connectivity index (χ4n) is 1.57. The Kier molecular flexibility index (Phi) is 2.49. The van der Waals surface area contributed by atoms with Crippen LogP contribution in [0.3, 0.4) is 0 Å². The summed E-state index contributed by atoms with van der Waals surface area (Å²) in [4.78, 5) is 11.2. The number of nitrogens with one attached hydrogen (secondary N) is 1. The van der Waals surface area contributed by atoms with E-state index in [4.69, 9.17) is 0 Å². The molecule has 0 spiro atoms. The van der Waals surface area contributed by atoms with Gasteiger partial charge in [0.25, 0.3) is 0 Å². The van der Waals surface area contributed by atoms with Gasteiger partial charge in [-0.15, -0.1) is 0 Å². The van der Waals surface area contributed by atoms with Crippen LogP contribution >= 0.6 is 0 Å². The number of carbonyl (C=O) groups excluding carboxylic acids is 1. The molecule has 0 fully saturated rings. The minimum atomic E-state index is -0.370. The molecule has 0 bridgehead atoms. The lowest BCUT2D eigenvalue weighted by molar-refractivity contribution is 0.0593. The minimum absolute atomic E-state index is 0.370. The van der Waals surface area contributed by atoms with Gasteiger partial charge in [0.05, 0.1) is 12.8 Å². The molecule has 0 saturated heterocycles. The first-order chi connectivity index (χ1) is 6.81. The van der Waals surface area contributed by atoms with Crippen LogP contribution in [0.4, 0.5) is 0 Å². The number of hydrogen-bond donors (Lipinski definition) is 1. The van der Waals surface area contributed by atoms with E-state index in [1.54, 1.807) is 6.07 Å². The number of hydrogen-bond acceptors (Lipinski definition) is 4. The fraction of sp³-hybridized carbons (Fsp3) is 0.556. The van der Waals surface area contributed by atoms with Crippen LogP contribution in [-0.2, 0) is 17.8 Å². The highest BCUT2D eigenvalue weighted by Crippen LogP contribution is 2.08. The molecule has 1 aromatic rings. The molecule has 2 rings (SSSR count). The Morgan fingerprint density at radius 3 is 3.36 bits per heavy atom. The first kappa shape index (κ1) is 9.21. The van der Waals surface area contributed by atoms with Gasteiger partial charge in [-0.3, -0.25) is 4.68 Å². The molecule has 0 atom stereocenters. The van der Waals surface area contributed by atoms with Gasteiger partial charge in [-0.2, -0.15) is 5.10 Å². The number of methoxy groups -OCH3 is 1. The van der Waals surface area contributed by atoms with Gasteiger partial charge in [0, 0.05) is 13.1 Å². The summed E-state index contributed by atoms with van der Waals surface area (Å²) in [7, 11) is 1.37. The quantitative estimate of drug-likeness (QED) is 0.649. The molecule has 5 heteroatoms. The summed E-state index contributed by atoms with van der Waals surface area (Å²) in [6.07, 6.45) is 1.04. The third-order valence-electron chi connectivity index (χ3n) is 2.29. The second kappa shape index (κ2) is 3.79. The number of ether oxygens (including phenoxy) is 1. The van der Waals surface area contributed by atoms with Crippen molar-refractivity contribution in [1.82, 2.24) is 15.1 Å². The normalized spacial score (nSPS) is 15.8. The van der Waals surface area contributed by atoms with Crippen LogP contribution in [0, 0.1) is 0 Å². The van der Waals surface area contributed by atoms with Gasteiger partial charge in [-0.1, -0.05) is 0 Å². The van der Waals surface area contributed by atoms with Crippen LogP contribution in [0.1, 0.15) is 22.6 Å².